The minimum atomic E-state index is 0.518. The zero-order chi connectivity index (χ0) is 13.1. The average Bonchev–Trinajstić information content (AvgIpc) is 2.97. The molecular weight excluding hydrogens is 256 g/mol. The minimum absolute atomic E-state index is 0.518. The standard InChI is InChI=1S/C14H18N4S/c1-2-13-16-14(19-17-13)18-9-5-6-11(10-18)12-7-3-4-8-15-12/h3-4,7-8,11H,2,5-6,9-10H2,1H3/t11-/m1/s1. The molecule has 0 saturated carbocycles. The first-order valence-corrected chi connectivity index (χ1v) is 7.62. The maximum Gasteiger partial charge on any atom is 0.205 e. The first kappa shape index (κ1) is 12.5. The Hall–Kier alpha value is -1.49. The molecule has 100 valence electrons. The Kier molecular flexibility index (Phi) is 3.73. The van der Waals surface area contributed by atoms with Crippen LogP contribution < -0.4 is 4.90 Å². The fraction of sp³-hybridized carbons (Fsp3) is 0.500. The number of hydrogen-bond acceptors (Lipinski definition) is 5. The molecule has 1 aliphatic rings. The third-order valence-corrected chi connectivity index (χ3v) is 4.39. The summed E-state index contributed by atoms with van der Waals surface area (Å²) in [5.41, 5.74) is 1.20. The highest BCUT2D eigenvalue weighted by Gasteiger charge is 2.24. The molecule has 0 aliphatic carbocycles. The molecule has 2 aromatic rings. The summed E-state index contributed by atoms with van der Waals surface area (Å²) in [6.07, 6.45) is 5.21. The van der Waals surface area contributed by atoms with Crippen molar-refractivity contribution in [3.63, 3.8) is 0 Å². The van der Waals surface area contributed by atoms with Crippen molar-refractivity contribution in [2.75, 3.05) is 18.0 Å². The van der Waals surface area contributed by atoms with E-state index in [1.165, 1.54) is 30.1 Å². The van der Waals surface area contributed by atoms with Crippen LogP contribution in [0.5, 0.6) is 0 Å². The van der Waals surface area contributed by atoms with Crippen LogP contribution in [0.4, 0.5) is 5.13 Å². The molecular formula is C14H18N4S. The van der Waals surface area contributed by atoms with E-state index in [2.05, 4.69) is 38.3 Å². The molecule has 19 heavy (non-hydrogen) atoms. The summed E-state index contributed by atoms with van der Waals surface area (Å²) in [6.45, 7) is 4.19. The van der Waals surface area contributed by atoms with Crippen LogP contribution in [0, 0.1) is 0 Å². The van der Waals surface area contributed by atoms with Gasteiger partial charge in [-0.3, -0.25) is 4.98 Å². The van der Waals surface area contributed by atoms with Crippen LogP contribution in [-0.4, -0.2) is 27.4 Å². The van der Waals surface area contributed by atoms with E-state index in [-0.39, 0.29) is 0 Å². The third kappa shape index (κ3) is 2.76. The number of aryl methyl sites for hydroxylation is 1. The van der Waals surface area contributed by atoms with E-state index in [9.17, 15) is 0 Å². The molecule has 5 heteroatoms. The van der Waals surface area contributed by atoms with E-state index in [1.54, 1.807) is 0 Å². The number of anilines is 1. The highest BCUT2D eigenvalue weighted by Crippen LogP contribution is 2.29. The van der Waals surface area contributed by atoms with Gasteiger partial charge in [-0.1, -0.05) is 13.0 Å². The summed E-state index contributed by atoms with van der Waals surface area (Å²) in [5, 5.41) is 1.07. The van der Waals surface area contributed by atoms with Gasteiger partial charge in [0.25, 0.3) is 0 Å². The molecule has 0 unspecified atom stereocenters. The Labute approximate surface area is 117 Å². The zero-order valence-corrected chi connectivity index (χ0v) is 11.9. The van der Waals surface area contributed by atoms with Crippen molar-refractivity contribution >= 4 is 16.7 Å². The van der Waals surface area contributed by atoms with Gasteiger partial charge in [-0.25, -0.2) is 4.98 Å². The SMILES string of the molecule is CCc1nsc(N2CCC[C@@H](c3ccccn3)C2)n1. The normalized spacial score (nSPS) is 19.6. The Balaban J connectivity index is 1.74. The summed E-state index contributed by atoms with van der Waals surface area (Å²) in [5.74, 6) is 1.48. The second-order valence-electron chi connectivity index (χ2n) is 4.89. The van der Waals surface area contributed by atoms with Gasteiger partial charge in [-0.15, -0.1) is 0 Å². The van der Waals surface area contributed by atoms with Gasteiger partial charge in [-0.2, -0.15) is 4.37 Å². The van der Waals surface area contributed by atoms with Crippen molar-refractivity contribution in [1.82, 2.24) is 14.3 Å². The number of hydrogen-bond donors (Lipinski definition) is 0. The van der Waals surface area contributed by atoms with Crippen LogP contribution in [0.1, 0.15) is 37.2 Å². The van der Waals surface area contributed by atoms with Crippen LogP contribution in [0.2, 0.25) is 0 Å². The van der Waals surface area contributed by atoms with Crippen LogP contribution in [0.15, 0.2) is 24.4 Å². The van der Waals surface area contributed by atoms with Gasteiger partial charge >= 0.3 is 0 Å². The average molecular weight is 274 g/mol. The van der Waals surface area contributed by atoms with Crippen molar-refractivity contribution in [1.29, 1.82) is 0 Å². The smallest absolute Gasteiger partial charge is 0.205 e. The van der Waals surface area contributed by atoms with E-state index in [1.807, 2.05) is 12.3 Å². The van der Waals surface area contributed by atoms with E-state index >= 15 is 0 Å². The second-order valence-corrected chi connectivity index (χ2v) is 5.62. The van der Waals surface area contributed by atoms with E-state index in [0.29, 0.717) is 5.92 Å². The molecule has 0 spiro atoms. The summed E-state index contributed by atoms with van der Waals surface area (Å²) < 4.78 is 4.38. The summed E-state index contributed by atoms with van der Waals surface area (Å²) in [4.78, 5) is 11.4. The molecule has 1 atom stereocenters. The predicted molar refractivity (Wildman–Crippen MR) is 77.7 cm³/mol. The lowest BCUT2D eigenvalue weighted by Crippen LogP contribution is -2.34. The molecule has 3 heterocycles. The Morgan fingerprint density at radius 3 is 3.11 bits per heavy atom. The topological polar surface area (TPSA) is 41.9 Å². The number of nitrogens with zero attached hydrogens (tertiary/aromatic N) is 4. The first-order chi connectivity index (χ1) is 9.36. The predicted octanol–water partition coefficient (Wildman–Crippen LogP) is 2.88. The maximum absolute atomic E-state index is 4.59. The second kappa shape index (κ2) is 5.65. The van der Waals surface area contributed by atoms with Gasteiger partial charge in [0.1, 0.15) is 5.82 Å². The lowest BCUT2D eigenvalue weighted by Gasteiger charge is -2.31. The quantitative estimate of drug-likeness (QED) is 0.863. The van der Waals surface area contributed by atoms with Gasteiger partial charge in [0, 0.05) is 48.9 Å². The van der Waals surface area contributed by atoms with Gasteiger partial charge < -0.3 is 4.90 Å². The Morgan fingerprint density at radius 1 is 1.42 bits per heavy atom. The highest BCUT2D eigenvalue weighted by molar-refractivity contribution is 7.09. The maximum atomic E-state index is 4.59. The van der Waals surface area contributed by atoms with Crippen LogP contribution >= 0.6 is 11.5 Å². The minimum Gasteiger partial charge on any atom is -0.346 e. The van der Waals surface area contributed by atoms with Gasteiger partial charge in [0.05, 0.1) is 0 Å². The fourth-order valence-electron chi connectivity index (χ4n) is 2.53. The summed E-state index contributed by atoms with van der Waals surface area (Å²) >= 11 is 1.52. The molecule has 1 aliphatic heterocycles. The van der Waals surface area contributed by atoms with E-state index < -0.39 is 0 Å². The van der Waals surface area contributed by atoms with Gasteiger partial charge in [0.15, 0.2) is 0 Å². The van der Waals surface area contributed by atoms with E-state index in [4.69, 9.17) is 0 Å². The number of pyridine rings is 1. The summed E-state index contributed by atoms with van der Waals surface area (Å²) in [7, 11) is 0. The van der Waals surface area contributed by atoms with E-state index in [0.717, 1.165) is 30.5 Å². The van der Waals surface area contributed by atoms with Crippen molar-refractivity contribution in [3.8, 4) is 0 Å². The summed E-state index contributed by atoms with van der Waals surface area (Å²) in [6, 6.07) is 6.18. The molecule has 0 radical (unpaired) electrons. The van der Waals surface area contributed by atoms with Crippen molar-refractivity contribution < 1.29 is 0 Å². The van der Waals surface area contributed by atoms with Crippen LogP contribution in [0.3, 0.4) is 0 Å². The van der Waals surface area contributed by atoms with Crippen molar-refractivity contribution in [2.45, 2.75) is 32.1 Å². The molecule has 4 nitrogen and oxygen atoms in total. The first-order valence-electron chi connectivity index (χ1n) is 6.85. The molecule has 1 saturated heterocycles. The fourth-order valence-corrected chi connectivity index (χ4v) is 3.31. The largest absolute Gasteiger partial charge is 0.346 e. The number of piperidine rings is 1. The monoisotopic (exact) mass is 274 g/mol. The molecule has 0 bridgehead atoms. The molecule has 2 aromatic heterocycles. The van der Waals surface area contributed by atoms with Crippen molar-refractivity contribution in [2.24, 2.45) is 0 Å². The molecule has 1 fully saturated rings. The van der Waals surface area contributed by atoms with Gasteiger partial charge in [0.2, 0.25) is 5.13 Å². The number of aromatic nitrogens is 3. The third-order valence-electron chi connectivity index (χ3n) is 3.57. The zero-order valence-electron chi connectivity index (χ0n) is 11.1. The Morgan fingerprint density at radius 2 is 2.37 bits per heavy atom. The van der Waals surface area contributed by atoms with Crippen LogP contribution in [0.25, 0.3) is 0 Å². The molecule has 0 N–H and O–H groups in total. The molecule has 0 amide bonds. The Bertz CT molecular complexity index is 525. The lowest BCUT2D eigenvalue weighted by molar-refractivity contribution is 0.501. The van der Waals surface area contributed by atoms with Gasteiger partial charge in [-0.05, 0) is 25.0 Å². The molecule has 3 rings (SSSR count). The lowest BCUT2D eigenvalue weighted by atomic mass is 9.94. The van der Waals surface area contributed by atoms with Crippen molar-refractivity contribution in [3.05, 3.63) is 35.9 Å². The highest BCUT2D eigenvalue weighted by atomic mass is 32.1. The number of rotatable bonds is 3. The molecule has 0 aromatic carbocycles. The van der Waals surface area contributed by atoms with Crippen LogP contribution in [-0.2, 0) is 6.42 Å².